The summed E-state index contributed by atoms with van der Waals surface area (Å²) < 4.78 is 10.9. The van der Waals surface area contributed by atoms with Gasteiger partial charge in [-0.2, -0.15) is 0 Å². The zero-order chi connectivity index (χ0) is 12.5. The summed E-state index contributed by atoms with van der Waals surface area (Å²) in [4.78, 5) is 0. The molecule has 2 atom stereocenters. The number of rotatable bonds is 8. The lowest BCUT2D eigenvalue weighted by molar-refractivity contribution is -0.0623. The van der Waals surface area contributed by atoms with Crippen molar-refractivity contribution < 1.29 is 14.3 Å². The van der Waals surface area contributed by atoms with Crippen LogP contribution < -0.4 is 0 Å². The van der Waals surface area contributed by atoms with E-state index in [2.05, 4.69) is 6.92 Å². The van der Waals surface area contributed by atoms with Crippen molar-refractivity contribution in [1.29, 1.82) is 0 Å². The summed E-state index contributed by atoms with van der Waals surface area (Å²) in [6.07, 6.45) is 2.97. The Morgan fingerprint density at radius 3 is 2.59 bits per heavy atom. The first-order valence-corrected chi connectivity index (χ1v) is 7.54. The molecule has 17 heavy (non-hydrogen) atoms. The number of ether oxygens (including phenoxy) is 1. The molecule has 0 aromatic heterocycles. The van der Waals surface area contributed by atoms with Crippen LogP contribution in [0.1, 0.15) is 37.5 Å². The van der Waals surface area contributed by atoms with E-state index in [1.54, 1.807) is 7.11 Å². The fourth-order valence-corrected chi connectivity index (χ4v) is 2.77. The van der Waals surface area contributed by atoms with E-state index in [1.807, 2.05) is 30.3 Å². The summed E-state index contributed by atoms with van der Waals surface area (Å²) in [6, 6.07) is 9.65. The molecule has 0 saturated heterocycles. The van der Waals surface area contributed by atoms with E-state index in [4.69, 9.17) is 9.16 Å². The van der Waals surface area contributed by atoms with E-state index in [-0.39, 0.29) is 6.29 Å². The normalized spacial score (nSPS) is 15.2. The number of hydrogen-bond acceptors (Lipinski definition) is 3. The van der Waals surface area contributed by atoms with Gasteiger partial charge in [0.25, 0.3) is 0 Å². The van der Waals surface area contributed by atoms with E-state index < -0.39 is 15.5 Å². The average molecular weight is 254 g/mol. The fourth-order valence-electron chi connectivity index (χ4n) is 1.61. The molecule has 4 heteroatoms. The molecule has 3 nitrogen and oxygen atoms in total. The van der Waals surface area contributed by atoms with Crippen LogP contribution in [0.3, 0.4) is 0 Å². The first kappa shape index (κ1) is 14.4. The predicted octanol–water partition coefficient (Wildman–Crippen LogP) is 1.94. The lowest BCUT2D eigenvalue weighted by Crippen LogP contribution is -2.22. The van der Waals surface area contributed by atoms with Crippen LogP contribution in [0.5, 0.6) is 0 Å². The second kappa shape index (κ2) is 8.41. The van der Waals surface area contributed by atoms with Crippen LogP contribution in [0.15, 0.2) is 30.3 Å². The molecule has 1 aromatic carbocycles. The Morgan fingerprint density at radius 1 is 1.29 bits per heavy atom. The molecule has 0 radical (unpaired) electrons. The maximum absolute atomic E-state index is 9.97. The van der Waals surface area contributed by atoms with Gasteiger partial charge in [0.1, 0.15) is 6.29 Å². The summed E-state index contributed by atoms with van der Waals surface area (Å²) >= 11 is 0. The summed E-state index contributed by atoms with van der Waals surface area (Å²) in [5.41, 5.74) is 0.486. The molecule has 0 fully saturated rings. The molecule has 96 valence electrons. The molecular weight excluding hydrogens is 232 g/mol. The van der Waals surface area contributed by atoms with E-state index in [0.29, 0.717) is 0 Å². The molecule has 0 spiro atoms. The molecule has 1 rings (SSSR count). The van der Waals surface area contributed by atoms with Gasteiger partial charge in [-0.05, 0) is 18.4 Å². The number of aliphatic hydroxyl groups excluding tert-OH is 1. The van der Waals surface area contributed by atoms with Gasteiger partial charge in [0.2, 0.25) is 0 Å². The highest BCUT2D eigenvalue weighted by Gasteiger charge is 2.12. The van der Waals surface area contributed by atoms with Gasteiger partial charge in [-0.1, -0.05) is 43.7 Å². The molecule has 1 N–H and O–H groups in total. The molecule has 1 aromatic rings. The topological polar surface area (TPSA) is 38.7 Å². The Bertz CT molecular complexity index is 292. The van der Waals surface area contributed by atoms with Crippen LogP contribution in [0, 0.1) is 0 Å². The maximum Gasteiger partial charge on any atom is 0.199 e. The molecule has 0 aliphatic heterocycles. The zero-order valence-corrected chi connectivity index (χ0v) is 12.0. The van der Waals surface area contributed by atoms with Crippen molar-refractivity contribution in [3.63, 3.8) is 0 Å². The van der Waals surface area contributed by atoms with Crippen LogP contribution in [0.25, 0.3) is 0 Å². The van der Waals surface area contributed by atoms with Gasteiger partial charge in [0, 0.05) is 7.11 Å². The van der Waals surface area contributed by atoms with E-state index >= 15 is 0 Å². The minimum Gasteiger partial charge on any atom is -0.397 e. The van der Waals surface area contributed by atoms with Gasteiger partial charge in [0.05, 0.1) is 5.73 Å². The van der Waals surface area contributed by atoms with Crippen LogP contribution in [-0.4, -0.2) is 28.3 Å². The van der Waals surface area contributed by atoms with Crippen molar-refractivity contribution in [2.75, 3.05) is 7.11 Å². The highest BCUT2D eigenvalue weighted by molar-refractivity contribution is 6.29. The first-order valence-electron chi connectivity index (χ1n) is 6.15. The highest BCUT2D eigenvalue weighted by atomic mass is 28.2. The zero-order valence-electron chi connectivity index (χ0n) is 10.6. The smallest absolute Gasteiger partial charge is 0.199 e. The van der Waals surface area contributed by atoms with Crippen LogP contribution >= 0.6 is 0 Å². The van der Waals surface area contributed by atoms with E-state index in [9.17, 15) is 5.11 Å². The molecule has 0 amide bonds. The lowest BCUT2D eigenvalue weighted by Gasteiger charge is -2.18. The van der Waals surface area contributed by atoms with Crippen molar-refractivity contribution in [3.8, 4) is 0 Å². The number of hydrogen-bond donors (Lipinski definition) is 1. The second-order valence-electron chi connectivity index (χ2n) is 4.07. The number of methoxy groups -OCH3 is 1. The molecule has 0 heterocycles. The van der Waals surface area contributed by atoms with Gasteiger partial charge in [-0.15, -0.1) is 0 Å². The molecule has 0 saturated carbocycles. The fraction of sp³-hybridized carbons (Fsp3) is 0.538. The highest BCUT2D eigenvalue weighted by Crippen LogP contribution is 2.13. The number of aliphatic hydroxyl groups is 1. The van der Waals surface area contributed by atoms with Crippen molar-refractivity contribution in [3.05, 3.63) is 35.9 Å². The van der Waals surface area contributed by atoms with Crippen LogP contribution in [-0.2, 0) is 9.16 Å². The predicted molar refractivity (Wildman–Crippen MR) is 71.4 cm³/mol. The van der Waals surface area contributed by atoms with Crippen molar-refractivity contribution in [1.82, 2.24) is 0 Å². The van der Waals surface area contributed by atoms with Gasteiger partial charge in [-0.25, -0.2) is 0 Å². The van der Waals surface area contributed by atoms with Gasteiger partial charge in [-0.3, -0.25) is 0 Å². The average Bonchev–Trinajstić information content (AvgIpc) is 2.39. The van der Waals surface area contributed by atoms with E-state index in [1.165, 1.54) is 0 Å². The Balaban J connectivity index is 2.33. The SMILES string of the molecule is CCCCC(OC)O[SiH2]C(O)c1ccccc1. The molecule has 0 aliphatic carbocycles. The minimum atomic E-state index is -1.02. The quantitative estimate of drug-likeness (QED) is 0.569. The van der Waals surface area contributed by atoms with Crippen molar-refractivity contribution in [2.24, 2.45) is 0 Å². The van der Waals surface area contributed by atoms with E-state index in [0.717, 1.165) is 24.8 Å². The molecule has 2 unspecified atom stereocenters. The summed E-state index contributed by atoms with van der Waals surface area (Å²) in [6.45, 7) is 2.14. The van der Waals surface area contributed by atoms with Crippen LogP contribution in [0.4, 0.5) is 0 Å². The largest absolute Gasteiger partial charge is 0.397 e. The number of benzene rings is 1. The third kappa shape index (κ3) is 5.45. The Kier molecular flexibility index (Phi) is 7.12. The van der Waals surface area contributed by atoms with Gasteiger partial charge >= 0.3 is 0 Å². The summed E-state index contributed by atoms with van der Waals surface area (Å²) in [5, 5.41) is 9.97. The summed E-state index contributed by atoms with van der Waals surface area (Å²) in [5.74, 6) is 0. The third-order valence-electron chi connectivity index (χ3n) is 2.68. The third-order valence-corrected chi connectivity index (χ3v) is 4.03. The lowest BCUT2D eigenvalue weighted by atomic mass is 10.2. The maximum atomic E-state index is 9.97. The first-order chi connectivity index (χ1) is 8.27. The van der Waals surface area contributed by atoms with Crippen LogP contribution in [0.2, 0.25) is 0 Å². The monoisotopic (exact) mass is 254 g/mol. The van der Waals surface area contributed by atoms with Gasteiger partial charge in [0.15, 0.2) is 9.76 Å². The summed E-state index contributed by atoms with van der Waals surface area (Å²) in [7, 11) is 0.638. The van der Waals surface area contributed by atoms with Gasteiger partial charge < -0.3 is 14.3 Å². The molecule has 0 bridgehead atoms. The van der Waals surface area contributed by atoms with Crippen molar-refractivity contribution >= 4 is 9.76 Å². The standard InChI is InChI=1S/C13H22O3Si/c1-3-4-10-12(15-2)16-17-13(14)11-8-6-5-7-9-11/h5-9,12-14H,3-4,10,17H2,1-2H3. The second-order valence-corrected chi connectivity index (χ2v) is 5.51. The molecule has 0 aliphatic rings. The number of unbranched alkanes of at least 4 members (excludes halogenated alkanes) is 1. The Labute approximate surface area is 106 Å². The Hall–Kier alpha value is -0.683. The van der Waals surface area contributed by atoms with Crippen molar-refractivity contribution in [2.45, 2.75) is 38.2 Å². The molecular formula is C13H22O3Si. The minimum absolute atomic E-state index is 0.153. The Morgan fingerprint density at radius 2 is 2.00 bits per heavy atom.